The number of amides is 1. The summed E-state index contributed by atoms with van der Waals surface area (Å²) in [4.78, 5) is 12.1. The lowest BCUT2D eigenvalue weighted by Gasteiger charge is -2.19. The summed E-state index contributed by atoms with van der Waals surface area (Å²) in [7, 11) is -2.48. The summed E-state index contributed by atoms with van der Waals surface area (Å²) in [6, 6.07) is 15.3. The Morgan fingerprint density at radius 3 is 2.23 bits per heavy atom. The van der Waals surface area contributed by atoms with Gasteiger partial charge in [-0.2, -0.15) is 9.57 Å². The summed E-state index contributed by atoms with van der Waals surface area (Å²) in [5.41, 5.74) is 1.63. The molecule has 0 saturated heterocycles. The minimum atomic E-state index is -3.82. The smallest absolute Gasteiger partial charge is 0.243 e. The van der Waals surface area contributed by atoms with Crippen molar-refractivity contribution in [3.8, 4) is 11.8 Å². The first-order valence-electron chi connectivity index (χ1n) is 9.50. The standard InChI is InChI=1S/C22H27N3O4S/c1-22(2,3)18-7-9-19(10-8-18)29-14-13-24-21(26)16-25(4)30(27,28)20-11-5-17(15-23)6-12-20/h5-12H,13-14,16H2,1-4H3,(H,24,26). The molecule has 2 aromatic carbocycles. The number of hydrogen-bond acceptors (Lipinski definition) is 5. The molecular formula is C22H27N3O4S. The normalized spacial score (nSPS) is 11.7. The molecule has 1 N–H and O–H groups in total. The number of likely N-dealkylation sites (N-methyl/N-ethyl adjacent to an activating group) is 1. The van der Waals surface area contributed by atoms with Gasteiger partial charge in [-0.3, -0.25) is 4.79 Å². The van der Waals surface area contributed by atoms with Crippen LogP contribution in [0.5, 0.6) is 5.75 Å². The fourth-order valence-corrected chi connectivity index (χ4v) is 3.76. The van der Waals surface area contributed by atoms with Crippen molar-refractivity contribution < 1.29 is 17.9 Å². The highest BCUT2D eigenvalue weighted by molar-refractivity contribution is 7.89. The molecule has 8 heteroatoms. The number of carbonyl (C=O) groups is 1. The predicted molar refractivity (Wildman–Crippen MR) is 115 cm³/mol. The average Bonchev–Trinajstić information content (AvgIpc) is 2.71. The summed E-state index contributed by atoms with van der Waals surface area (Å²) in [5, 5.41) is 11.5. The van der Waals surface area contributed by atoms with Gasteiger partial charge in [-0.15, -0.1) is 0 Å². The molecule has 30 heavy (non-hydrogen) atoms. The van der Waals surface area contributed by atoms with Crippen LogP contribution >= 0.6 is 0 Å². The molecule has 0 atom stereocenters. The van der Waals surface area contributed by atoms with Crippen LogP contribution in [0.1, 0.15) is 31.9 Å². The molecule has 0 fully saturated rings. The number of nitrogens with zero attached hydrogens (tertiary/aromatic N) is 2. The molecule has 0 aliphatic rings. The van der Waals surface area contributed by atoms with E-state index in [9.17, 15) is 13.2 Å². The molecule has 1 amide bonds. The SMILES string of the molecule is CN(CC(=O)NCCOc1ccc(C(C)(C)C)cc1)S(=O)(=O)c1ccc(C#N)cc1. The molecule has 0 aliphatic heterocycles. The molecule has 0 saturated carbocycles. The topological polar surface area (TPSA) is 99.5 Å². The third-order valence-electron chi connectivity index (χ3n) is 4.47. The van der Waals surface area contributed by atoms with Gasteiger partial charge in [0.2, 0.25) is 15.9 Å². The van der Waals surface area contributed by atoms with E-state index in [1.807, 2.05) is 30.3 Å². The average molecular weight is 430 g/mol. The first-order valence-corrected chi connectivity index (χ1v) is 10.9. The van der Waals surface area contributed by atoms with Gasteiger partial charge in [-0.1, -0.05) is 32.9 Å². The second-order valence-electron chi connectivity index (χ2n) is 7.87. The largest absolute Gasteiger partial charge is 0.492 e. The maximum atomic E-state index is 12.5. The fraction of sp³-hybridized carbons (Fsp3) is 0.364. The zero-order valence-corrected chi connectivity index (χ0v) is 18.5. The highest BCUT2D eigenvalue weighted by Crippen LogP contribution is 2.24. The first kappa shape index (κ1) is 23.4. The van der Waals surface area contributed by atoms with Crippen LogP contribution in [-0.2, 0) is 20.2 Å². The molecule has 160 valence electrons. The van der Waals surface area contributed by atoms with Crippen LogP contribution < -0.4 is 10.1 Å². The lowest BCUT2D eigenvalue weighted by atomic mass is 9.87. The van der Waals surface area contributed by atoms with Crippen molar-refractivity contribution in [3.05, 3.63) is 59.7 Å². The molecule has 0 heterocycles. The summed E-state index contributed by atoms with van der Waals surface area (Å²) < 4.78 is 31.6. The van der Waals surface area contributed by atoms with Crippen molar-refractivity contribution in [2.45, 2.75) is 31.1 Å². The maximum absolute atomic E-state index is 12.5. The van der Waals surface area contributed by atoms with Gasteiger partial charge in [0.15, 0.2) is 0 Å². The summed E-state index contributed by atoms with van der Waals surface area (Å²) in [6.45, 7) is 6.62. The van der Waals surface area contributed by atoms with E-state index in [0.717, 1.165) is 4.31 Å². The maximum Gasteiger partial charge on any atom is 0.243 e. The Morgan fingerprint density at radius 1 is 1.10 bits per heavy atom. The van der Waals surface area contributed by atoms with E-state index in [0.29, 0.717) is 11.3 Å². The summed E-state index contributed by atoms with van der Waals surface area (Å²) in [5.74, 6) is 0.277. The molecule has 0 aliphatic carbocycles. The molecule has 2 aromatic rings. The zero-order chi connectivity index (χ0) is 22.4. The van der Waals surface area contributed by atoms with Crippen LogP contribution in [-0.4, -0.2) is 45.4 Å². The summed E-state index contributed by atoms with van der Waals surface area (Å²) >= 11 is 0. The van der Waals surface area contributed by atoms with Crippen molar-refractivity contribution in [3.63, 3.8) is 0 Å². The van der Waals surface area contributed by atoms with E-state index in [1.54, 1.807) is 0 Å². The first-order chi connectivity index (χ1) is 14.0. The number of ether oxygens (including phenoxy) is 1. The van der Waals surface area contributed by atoms with Crippen LogP contribution in [0.2, 0.25) is 0 Å². The number of carbonyl (C=O) groups excluding carboxylic acids is 1. The number of benzene rings is 2. The van der Waals surface area contributed by atoms with E-state index < -0.39 is 15.9 Å². The van der Waals surface area contributed by atoms with E-state index in [1.165, 1.54) is 36.9 Å². The van der Waals surface area contributed by atoms with E-state index >= 15 is 0 Å². The molecule has 0 aromatic heterocycles. The molecule has 0 bridgehead atoms. The number of hydrogen-bond donors (Lipinski definition) is 1. The van der Waals surface area contributed by atoms with Gasteiger partial charge in [0, 0.05) is 7.05 Å². The van der Waals surface area contributed by atoms with E-state index in [4.69, 9.17) is 10.00 Å². The van der Waals surface area contributed by atoms with Gasteiger partial charge in [-0.25, -0.2) is 8.42 Å². The Labute approximate surface area is 178 Å². The van der Waals surface area contributed by atoms with Gasteiger partial charge in [0.1, 0.15) is 12.4 Å². The van der Waals surface area contributed by atoms with Crippen molar-refractivity contribution in [2.24, 2.45) is 0 Å². The number of rotatable bonds is 8. The van der Waals surface area contributed by atoms with Crippen molar-refractivity contribution >= 4 is 15.9 Å². The quantitative estimate of drug-likeness (QED) is 0.651. The number of nitriles is 1. The van der Waals surface area contributed by atoms with Crippen molar-refractivity contribution in [2.75, 3.05) is 26.7 Å². The molecule has 2 rings (SSSR count). The Bertz CT molecular complexity index is 1000. The lowest BCUT2D eigenvalue weighted by molar-refractivity contribution is -0.121. The van der Waals surface area contributed by atoms with Gasteiger partial charge in [0.05, 0.1) is 29.6 Å². The predicted octanol–water partition coefficient (Wildman–Crippen LogP) is 2.67. The van der Waals surface area contributed by atoms with Crippen LogP contribution in [0.4, 0.5) is 0 Å². The molecule has 0 radical (unpaired) electrons. The zero-order valence-electron chi connectivity index (χ0n) is 17.7. The third-order valence-corrected chi connectivity index (χ3v) is 6.29. The third kappa shape index (κ3) is 6.31. The van der Waals surface area contributed by atoms with Gasteiger partial charge >= 0.3 is 0 Å². The monoisotopic (exact) mass is 429 g/mol. The van der Waals surface area contributed by atoms with Crippen LogP contribution in [0, 0.1) is 11.3 Å². The van der Waals surface area contributed by atoms with Gasteiger partial charge < -0.3 is 10.1 Å². The van der Waals surface area contributed by atoms with Crippen molar-refractivity contribution in [1.82, 2.24) is 9.62 Å². The van der Waals surface area contributed by atoms with E-state index in [-0.39, 0.29) is 30.0 Å². The van der Waals surface area contributed by atoms with Crippen molar-refractivity contribution in [1.29, 1.82) is 5.26 Å². The van der Waals surface area contributed by atoms with Crippen LogP contribution in [0.15, 0.2) is 53.4 Å². The Hall–Kier alpha value is -2.89. The van der Waals surface area contributed by atoms with Gasteiger partial charge in [-0.05, 0) is 47.4 Å². The highest BCUT2D eigenvalue weighted by atomic mass is 32.2. The molecular weight excluding hydrogens is 402 g/mol. The molecule has 0 unspecified atom stereocenters. The Kier molecular flexibility index (Phi) is 7.59. The van der Waals surface area contributed by atoms with Crippen LogP contribution in [0.3, 0.4) is 0 Å². The highest BCUT2D eigenvalue weighted by Gasteiger charge is 2.22. The number of nitrogens with one attached hydrogen (secondary N) is 1. The lowest BCUT2D eigenvalue weighted by Crippen LogP contribution is -2.39. The number of sulfonamides is 1. The second-order valence-corrected chi connectivity index (χ2v) is 9.91. The Morgan fingerprint density at radius 2 is 1.70 bits per heavy atom. The fourth-order valence-electron chi connectivity index (χ4n) is 2.63. The van der Waals surface area contributed by atoms with Crippen LogP contribution in [0.25, 0.3) is 0 Å². The summed E-state index contributed by atoms with van der Waals surface area (Å²) in [6.07, 6.45) is 0. The minimum Gasteiger partial charge on any atom is -0.492 e. The second kappa shape index (κ2) is 9.74. The van der Waals surface area contributed by atoms with Gasteiger partial charge in [0.25, 0.3) is 0 Å². The minimum absolute atomic E-state index is 0.0267. The molecule has 0 spiro atoms. The Balaban J connectivity index is 1.80. The van der Waals surface area contributed by atoms with E-state index in [2.05, 4.69) is 26.1 Å². The molecule has 7 nitrogen and oxygen atoms in total.